The number of alkyl halides is 4. The quantitative estimate of drug-likeness (QED) is 0.352. The van der Waals surface area contributed by atoms with Crippen LogP contribution in [-0.4, -0.2) is 33.2 Å². The maximum absolute atomic E-state index is 13.2. The molecule has 0 saturated heterocycles. The van der Waals surface area contributed by atoms with Crippen molar-refractivity contribution in [3.05, 3.63) is 89.5 Å². The van der Waals surface area contributed by atoms with Gasteiger partial charge < -0.3 is 9.47 Å². The Hall–Kier alpha value is -5.05. The first-order valence-corrected chi connectivity index (χ1v) is 9.61. The molecule has 0 radical (unpaired) electrons. The number of aromatic amines is 1. The van der Waals surface area contributed by atoms with Gasteiger partial charge in [-0.05, 0) is 30.3 Å². The van der Waals surface area contributed by atoms with Gasteiger partial charge in [0.15, 0.2) is 0 Å². The van der Waals surface area contributed by atoms with E-state index in [1.165, 1.54) is 30.6 Å². The zero-order chi connectivity index (χ0) is 27.4. The average Bonchev–Trinajstić information content (AvgIpc) is 3.50. The second kappa shape index (κ2) is 13.7. The first kappa shape index (κ1) is 28.2. The molecule has 0 bridgehead atoms. The van der Waals surface area contributed by atoms with Crippen LogP contribution in [0, 0.1) is 40.1 Å². The number of rotatable bonds is 5. The first-order chi connectivity index (χ1) is 17.6. The summed E-state index contributed by atoms with van der Waals surface area (Å²) in [6.07, 6.45) is 2.66. The Bertz CT molecular complexity index is 1340. The minimum absolute atomic E-state index is 0.00231. The number of aromatic nitrogens is 4. The summed E-state index contributed by atoms with van der Waals surface area (Å²) < 4.78 is 93.3. The van der Waals surface area contributed by atoms with Gasteiger partial charge in [0.1, 0.15) is 17.5 Å². The number of nitriles is 2. The molecule has 2 aromatic heterocycles. The predicted molar refractivity (Wildman–Crippen MR) is 111 cm³/mol. The van der Waals surface area contributed by atoms with Gasteiger partial charge in [0.2, 0.25) is 11.8 Å². The van der Waals surface area contributed by atoms with Crippen LogP contribution in [0.25, 0.3) is 5.69 Å². The molecule has 4 aromatic rings. The second-order valence-corrected chi connectivity index (χ2v) is 6.36. The number of halogens is 7. The molecule has 192 valence electrons. The molecule has 0 aliphatic rings. The van der Waals surface area contributed by atoms with E-state index in [-0.39, 0.29) is 28.6 Å². The molecule has 0 fully saturated rings. The summed E-state index contributed by atoms with van der Waals surface area (Å²) in [5.74, 6) is -2.37. The molecule has 0 amide bonds. The molecule has 37 heavy (non-hydrogen) atoms. The number of benzene rings is 2. The lowest BCUT2D eigenvalue weighted by molar-refractivity contribution is -0.0536. The number of H-pyrrole nitrogens is 1. The van der Waals surface area contributed by atoms with Crippen LogP contribution in [0.15, 0.2) is 60.9 Å². The van der Waals surface area contributed by atoms with Crippen molar-refractivity contribution >= 4 is 0 Å². The lowest BCUT2D eigenvalue weighted by Crippen LogP contribution is -2.03. The van der Waals surface area contributed by atoms with Crippen molar-refractivity contribution in [3.63, 3.8) is 0 Å². The molecule has 8 nitrogen and oxygen atoms in total. The van der Waals surface area contributed by atoms with Crippen molar-refractivity contribution < 1.29 is 40.2 Å². The third kappa shape index (κ3) is 9.99. The molecule has 0 atom stereocenters. The molecular formula is C22H13F7N6O2. The number of ether oxygens (including phenoxy) is 2. The summed E-state index contributed by atoms with van der Waals surface area (Å²) in [7, 11) is 0. The van der Waals surface area contributed by atoms with E-state index in [0.717, 1.165) is 35.0 Å². The van der Waals surface area contributed by atoms with Gasteiger partial charge in [0.05, 0.1) is 35.1 Å². The number of nitrogens with one attached hydrogen (secondary N) is 1. The fourth-order valence-corrected chi connectivity index (χ4v) is 2.40. The van der Waals surface area contributed by atoms with Crippen molar-refractivity contribution in [2.45, 2.75) is 13.2 Å². The van der Waals surface area contributed by atoms with Crippen molar-refractivity contribution in [1.29, 1.82) is 10.5 Å². The highest BCUT2D eigenvalue weighted by molar-refractivity contribution is 5.41. The van der Waals surface area contributed by atoms with Gasteiger partial charge in [-0.1, -0.05) is 0 Å². The zero-order valence-corrected chi connectivity index (χ0v) is 18.1. The molecule has 2 aromatic carbocycles. The molecule has 0 aliphatic heterocycles. The third-order valence-corrected chi connectivity index (χ3v) is 3.73. The Morgan fingerprint density at radius 1 is 0.784 bits per heavy atom. The molecule has 1 N–H and O–H groups in total. The van der Waals surface area contributed by atoms with Crippen LogP contribution in [0.3, 0.4) is 0 Å². The lowest BCUT2D eigenvalue weighted by atomic mass is 10.2. The standard InChI is InChI=1S/C11H6F3N3O.C7H3F2N.C4H4F2N2O/c12-8-3-7(6-15)4-9(5-8)17-2-1-10(16-17)18-11(13)14;8-6-1-5(4-10)2-7(9)3-6;5-4(6)9-3-1-2-7-8-3/h1-5,11H;1-3H;1-2,4H,(H,7,8). The van der Waals surface area contributed by atoms with Crippen LogP contribution in [0.5, 0.6) is 11.8 Å². The smallest absolute Gasteiger partial charge is 0.388 e. The van der Waals surface area contributed by atoms with E-state index in [1.807, 2.05) is 0 Å². The molecule has 4 rings (SSSR count). The van der Waals surface area contributed by atoms with Gasteiger partial charge in [-0.25, -0.2) is 23.0 Å². The van der Waals surface area contributed by atoms with E-state index in [9.17, 15) is 30.7 Å². The minimum Gasteiger partial charge on any atom is -0.417 e. The monoisotopic (exact) mass is 526 g/mol. The fraction of sp³-hybridized carbons (Fsp3) is 0.0909. The van der Waals surface area contributed by atoms with Crippen LogP contribution in [0.2, 0.25) is 0 Å². The van der Waals surface area contributed by atoms with Gasteiger partial charge in [-0.2, -0.15) is 33.2 Å². The highest BCUT2D eigenvalue weighted by atomic mass is 19.3. The van der Waals surface area contributed by atoms with Gasteiger partial charge >= 0.3 is 13.2 Å². The third-order valence-electron chi connectivity index (χ3n) is 3.73. The highest BCUT2D eigenvalue weighted by Gasteiger charge is 2.09. The maximum Gasteiger partial charge on any atom is 0.388 e. The number of hydrogen-bond donors (Lipinski definition) is 1. The second-order valence-electron chi connectivity index (χ2n) is 6.36. The molecule has 15 heteroatoms. The van der Waals surface area contributed by atoms with Crippen LogP contribution < -0.4 is 9.47 Å². The lowest BCUT2D eigenvalue weighted by Gasteiger charge is -2.02. The highest BCUT2D eigenvalue weighted by Crippen LogP contribution is 2.16. The Kier molecular flexibility index (Phi) is 10.5. The summed E-state index contributed by atoms with van der Waals surface area (Å²) >= 11 is 0. The van der Waals surface area contributed by atoms with E-state index in [4.69, 9.17) is 10.5 Å². The Morgan fingerprint density at radius 3 is 1.86 bits per heavy atom. The summed E-state index contributed by atoms with van der Waals surface area (Å²) in [6.45, 7) is -5.76. The Balaban J connectivity index is 0.000000214. The maximum atomic E-state index is 13.2. The summed E-state index contributed by atoms with van der Waals surface area (Å²) in [5, 5.41) is 26.2. The van der Waals surface area contributed by atoms with E-state index < -0.39 is 30.7 Å². The van der Waals surface area contributed by atoms with Crippen LogP contribution in [0.4, 0.5) is 30.7 Å². The molecule has 2 heterocycles. The molecule has 0 spiro atoms. The Morgan fingerprint density at radius 2 is 1.35 bits per heavy atom. The van der Waals surface area contributed by atoms with Crippen molar-refractivity contribution in [2.24, 2.45) is 0 Å². The SMILES string of the molecule is FC(F)Oc1ccn[nH]1.N#Cc1cc(F)cc(-n2ccc(OC(F)F)n2)c1.N#Cc1cc(F)cc(F)c1. The van der Waals surface area contributed by atoms with Crippen molar-refractivity contribution in [3.8, 4) is 29.6 Å². The number of hydrogen-bond acceptors (Lipinski definition) is 6. The average molecular weight is 526 g/mol. The molecule has 0 saturated carbocycles. The predicted octanol–water partition coefficient (Wildman–Crippen LogP) is 5.33. The van der Waals surface area contributed by atoms with E-state index >= 15 is 0 Å². The topological polar surface area (TPSA) is 113 Å². The molecule has 0 aliphatic carbocycles. The zero-order valence-electron chi connectivity index (χ0n) is 18.1. The molecule has 0 unspecified atom stereocenters. The largest absolute Gasteiger partial charge is 0.417 e. The van der Waals surface area contributed by atoms with E-state index in [1.54, 1.807) is 12.1 Å². The van der Waals surface area contributed by atoms with Crippen LogP contribution >= 0.6 is 0 Å². The summed E-state index contributed by atoms with van der Waals surface area (Å²) in [5.41, 5.74) is 0.352. The summed E-state index contributed by atoms with van der Waals surface area (Å²) in [4.78, 5) is 0. The van der Waals surface area contributed by atoms with Crippen LogP contribution in [-0.2, 0) is 0 Å². The Labute approximate surface area is 203 Å². The van der Waals surface area contributed by atoms with Crippen molar-refractivity contribution in [2.75, 3.05) is 0 Å². The fourth-order valence-electron chi connectivity index (χ4n) is 2.40. The van der Waals surface area contributed by atoms with E-state index in [2.05, 4.69) is 24.8 Å². The molecular weight excluding hydrogens is 513 g/mol. The van der Waals surface area contributed by atoms with Gasteiger partial charge in [-0.3, -0.25) is 0 Å². The number of nitrogens with zero attached hydrogens (tertiary/aromatic N) is 5. The first-order valence-electron chi connectivity index (χ1n) is 9.61. The van der Waals surface area contributed by atoms with Crippen molar-refractivity contribution in [1.82, 2.24) is 20.0 Å². The minimum atomic E-state index is -2.98. The van der Waals surface area contributed by atoms with Crippen LogP contribution in [0.1, 0.15) is 11.1 Å². The van der Waals surface area contributed by atoms with Gasteiger partial charge in [0.25, 0.3) is 0 Å². The van der Waals surface area contributed by atoms with Gasteiger partial charge in [-0.15, -0.1) is 5.10 Å². The summed E-state index contributed by atoms with van der Waals surface area (Å²) in [6, 6.07) is 12.2. The van der Waals surface area contributed by atoms with E-state index in [0.29, 0.717) is 0 Å². The van der Waals surface area contributed by atoms with Gasteiger partial charge in [0, 0.05) is 24.4 Å². The normalized spacial score (nSPS) is 9.92.